The summed E-state index contributed by atoms with van der Waals surface area (Å²) in [5.41, 5.74) is 4.85. The summed E-state index contributed by atoms with van der Waals surface area (Å²) in [6.07, 6.45) is 5.70. The van der Waals surface area contributed by atoms with Gasteiger partial charge in [0.05, 0.1) is 24.6 Å². The number of furan rings is 1. The van der Waals surface area contributed by atoms with Crippen molar-refractivity contribution >= 4 is 16.8 Å². The number of hydrogen-bond donors (Lipinski definition) is 1. The van der Waals surface area contributed by atoms with Crippen molar-refractivity contribution in [2.45, 2.75) is 19.5 Å². The summed E-state index contributed by atoms with van der Waals surface area (Å²) in [6, 6.07) is 16.2. The second-order valence-corrected chi connectivity index (χ2v) is 8.13. The number of piperazine rings is 1. The van der Waals surface area contributed by atoms with Gasteiger partial charge in [0.25, 0.3) is 0 Å². The smallest absolute Gasteiger partial charge is 0.170 e. The number of carbonyl (C=O) groups is 1. The Morgan fingerprint density at radius 1 is 1.03 bits per heavy atom. The lowest BCUT2D eigenvalue weighted by atomic mass is 10.0. The zero-order valence-electron chi connectivity index (χ0n) is 17.5. The van der Waals surface area contributed by atoms with Crippen LogP contribution in [0.5, 0.6) is 0 Å². The average Bonchev–Trinajstić information content (AvgIpc) is 3.43. The van der Waals surface area contributed by atoms with E-state index >= 15 is 0 Å². The fourth-order valence-corrected chi connectivity index (χ4v) is 4.12. The molecule has 0 spiro atoms. The fourth-order valence-electron chi connectivity index (χ4n) is 4.12. The van der Waals surface area contributed by atoms with Gasteiger partial charge in [0.1, 0.15) is 5.58 Å². The van der Waals surface area contributed by atoms with E-state index < -0.39 is 0 Å². The zero-order valence-corrected chi connectivity index (χ0v) is 17.5. The second-order valence-electron chi connectivity index (χ2n) is 8.13. The molecule has 0 atom stereocenters. The molecule has 0 unspecified atom stereocenters. The van der Waals surface area contributed by atoms with Crippen LogP contribution in [0.15, 0.2) is 71.6 Å². The van der Waals surface area contributed by atoms with E-state index in [1.165, 1.54) is 5.56 Å². The molecule has 2 aromatic heterocycles. The minimum Gasteiger partial charge on any atom is -0.464 e. The summed E-state index contributed by atoms with van der Waals surface area (Å²) in [6.45, 7) is 5.65. The van der Waals surface area contributed by atoms with Crippen LogP contribution in [0.25, 0.3) is 11.0 Å². The van der Waals surface area contributed by atoms with Crippen molar-refractivity contribution in [2.75, 3.05) is 26.2 Å². The fraction of sp³-hybridized carbons (Fsp3) is 0.280. The lowest BCUT2D eigenvalue weighted by Crippen LogP contribution is -2.42. The molecule has 6 nitrogen and oxygen atoms in total. The number of nitrogens with one attached hydrogen (secondary N) is 1. The lowest BCUT2D eigenvalue weighted by Gasteiger charge is -2.26. The van der Waals surface area contributed by atoms with Crippen LogP contribution in [-0.4, -0.2) is 46.6 Å². The van der Waals surface area contributed by atoms with Crippen molar-refractivity contribution in [1.82, 2.24) is 20.0 Å². The van der Waals surface area contributed by atoms with E-state index in [4.69, 9.17) is 4.42 Å². The van der Waals surface area contributed by atoms with E-state index in [0.717, 1.165) is 54.8 Å². The quantitative estimate of drug-likeness (QED) is 0.469. The highest BCUT2D eigenvalue weighted by molar-refractivity contribution is 5.97. The molecule has 1 N–H and O–H groups in total. The molecule has 2 aromatic carbocycles. The summed E-state index contributed by atoms with van der Waals surface area (Å²) in [4.78, 5) is 15.3. The highest BCUT2D eigenvalue weighted by atomic mass is 16.3. The van der Waals surface area contributed by atoms with E-state index in [2.05, 4.69) is 33.5 Å². The van der Waals surface area contributed by atoms with Gasteiger partial charge in [0, 0.05) is 56.3 Å². The van der Waals surface area contributed by atoms with Gasteiger partial charge in [0.15, 0.2) is 5.78 Å². The van der Waals surface area contributed by atoms with Gasteiger partial charge in [-0.15, -0.1) is 0 Å². The average molecular weight is 415 g/mol. The van der Waals surface area contributed by atoms with E-state index in [1.54, 1.807) is 6.20 Å². The molecule has 3 heterocycles. The Hall–Kier alpha value is -3.22. The Morgan fingerprint density at radius 3 is 2.71 bits per heavy atom. The zero-order chi connectivity index (χ0) is 21.0. The monoisotopic (exact) mass is 414 g/mol. The maximum absolute atomic E-state index is 12.9. The molecular formula is C25H26N4O2. The summed E-state index contributed by atoms with van der Waals surface area (Å²) in [5.74, 6) is 0.0748. The van der Waals surface area contributed by atoms with Crippen LogP contribution in [0.1, 0.15) is 27.0 Å². The molecular weight excluding hydrogens is 388 g/mol. The first kappa shape index (κ1) is 19.7. The SMILES string of the molecule is O=C(Cc1ccc2occ(CN3CCNCC3)c2c1)c1cnn(Cc2ccccc2)c1. The number of benzene rings is 2. The number of hydrogen-bond acceptors (Lipinski definition) is 5. The van der Waals surface area contributed by atoms with Gasteiger partial charge in [-0.1, -0.05) is 36.4 Å². The Bertz CT molecular complexity index is 1170. The standard InChI is InChI=1S/C25H26N4O2/c30-24(21-14-27-29(17-21)15-19-4-2-1-3-5-19)13-20-6-7-25-23(12-20)22(18-31-25)16-28-10-8-26-9-11-28/h1-7,12,14,17-18,26H,8-11,13,15-16H2. The number of ketones is 1. The summed E-state index contributed by atoms with van der Waals surface area (Å²) < 4.78 is 7.57. The number of nitrogens with zero attached hydrogens (tertiary/aromatic N) is 3. The molecule has 1 aliphatic rings. The van der Waals surface area contributed by atoms with Gasteiger partial charge in [0.2, 0.25) is 0 Å². The summed E-state index contributed by atoms with van der Waals surface area (Å²) >= 11 is 0. The van der Waals surface area contributed by atoms with Crippen LogP contribution in [0, 0.1) is 0 Å². The molecule has 1 saturated heterocycles. The predicted octanol–water partition coefficient (Wildman–Crippen LogP) is 3.51. The number of Topliss-reactive ketones (excluding diaryl/α,β-unsaturated/α-hetero) is 1. The highest BCUT2D eigenvalue weighted by Gasteiger charge is 2.15. The second kappa shape index (κ2) is 8.88. The van der Waals surface area contributed by atoms with Crippen LogP contribution >= 0.6 is 0 Å². The molecule has 4 aromatic rings. The van der Waals surface area contributed by atoms with Crippen LogP contribution in [0.2, 0.25) is 0 Å². The van der Waals surface area contributed by atoms with E-state index in [0.29, 0.717) is 18.5 Å². The number of carbonyl (C=O) groups excluding carboxylic acids is 1. The van der Waals surface area contributed by atoms with Crippen molar-refractivity contribution < 1.29 is 9.21 Å². The Kier molecular flexibility index (Phi) is 5.65. The van der Waals surface area contributed by atoms with Crippen LogP contribution in [-0.2, 0) is 19.5 Å². The Morgan fingerprint density at radius 2 is 1.87 bits per heavy atom. The molecule has 5 rings (SSSR count). The molecule has 0 radical (unpaired) electrons. The molecule has 158 valence electrons. The molecule has 0 aliphatic carbocycles. The van der Waals surface area contributed by atoms with Crippen molar-refractivity contribution in [3.63, 3.8) is 0 Å². The maximum atomic E-state index is 12.9. The Labute approximate surface area is 181 Å². The molecule has 6 heteroatoms. The molecule has 0 saturated carbocycles. The van der Waals surface area contributed by atoms with Gasteiger partial charge >= 0.3 is 0 Å². The third-order valence-electron chi connectivity index (χ3n) is 5.83. The van der Waals surface area contributed by atoms with Crippen molar-refractivity contribution in [3.8, 4) is 0 Å². The van der Waals surface area contributed by atoms with Crippen LogP contribution in [0.3, 0.4) is 0 Å². The van der Waals surface area contributed by atoms with Crippen LogP contribution < -0.4 is 5.32 Å². The minimum absolute atomic E-state index is 0.0748. The normalized spacial score (nSPS) is 14.8. The lowest BCUT2D eigenvalue weighted by molar-refractivity contribution is 0.0993. The predicted molar refractivity (Wildman–Crippen MR) is 120 cm³/mol. The first-order valence-electron chi connectivity index (χ1n) is 10.8. The van der Waals surface area contributed by atoms with E-state index in [9.17, 15) is 4.79 Å². The minimum atomic E-state index is 0.0748. The van der Waals surface area contributed by atoms with Crippen molar-refractivity contribution in [3.05, 3.63) is 89.4 Å². The molecule has 31 heavy (non-hydrogen) atoms. The van der Waals surface area contributed by atoms with Crippen LogP contribution in [0.4, 0.5) is 0 Å². The van der Waals surface area contributed by atoms with Gasteiger partial charge < -0.3 is 9.73 Å². The first-order valence-corrected chi connectivity index (χ1v) is 10.8. The Balaban J connectivity index is 1.28. The largest absolute Gasteiger partial charge is 0.464 e. The topological polar surface area (TPSA) is 63.3 Å². The highest BCUT2D eigenvalue weighted by Crippen LogP contribution is 2.25. The third-order valence-corrected chi connectivity index (χ3v) is 5.83. The number of aromatic nitrogens is 2. The first-order chi connectivity index (χ1) is 15.2. The van der Waals surface area contributed by atoms with E-state index in [-0.39, 0.29) is 5.78 Å². The van der Waals surface area contributed by atoms with Gasteiger partial charge in [-0.25, -0.2) is 0 Å². The summed E-state index contributed by atoms with van der Waals surface area (Å²) in [5, 5.41) is 8.85. The molecule has 1 aliphatic heterocycles. The molecule has 1 fully saturated rings. The van der Waals surface area contributed by atoms with E-state index in [1.807, 2.05) is 47.5 Å². The molecule has 0 bridgehead atoms. The van der Waals surface area contributed by atoms with Gasteiger partial charge in [-0.2, -0.15) is 5.10 Å². The number of fused-ring (bicyclic) bond motifs is 1. The maximum Gasteiger partial charge on any atom is 0.170 e. The van der Waals surface area contributed by atoms with Gasteiger partial charge in [-0.05, 0) is 23.3 Å². The van der Waals surface area contributed by atoms with Crippen molar-refractivity contribution in [2.24, 2.45) is 0 Å². The van der Waals surface area contributed by atoms with Crippen molar-refractivity contribution in [1.29, 1.82) is 0 Å². The molecule has 0 amide bonds. The number of rotatable bonds is 7. The third kappa shape index (κ3) is 4.60. The summed E-state index contributed by atoms with van der Waals surface area (Å²) in [7, 11) is 0. The van der Waals surface area contributed by atoms with Gasteiger partial charge in [-0.3, -0.25) is 14.4 Å².